The minimum atomic E-state index is -3.07. The van der Waals surface area contributed by atoms with E-state index in [1.807, 2.05) is 27.7 Å². The zero-order valence-corrected chi connectivity index (χ0v) is 17.3. The Hall–Kier alpha value is -2.52. The molecule has 0 unspecified atom stereocenters. The number of nitrogens with two attached hydrogens (primary N) is 1. The third-order valence-electron chi connectivity index (χ3n) is 4.51. The Kier molecular flexibility index (Phi) is 5.40. The zero-order valence-electron chi connectivity index (χ0n) is 16.5. The van der Waals surface area contributed by atoms with Gasteiger partial charge in [0.05, 0.1) is 22.3 Å². The van der Waals surface area contributed by atoms with Crippen LogP contribution in [-0.4, -0.2) is 24.0 Å². The fraction of sp³-hybridized carbons (Fsp3) is 0.400. The van der Waals surface area contributed by atoms with Crippen LogP contribution < -0.4 is 15.8 Å². The standard InChI is InChI=1S/C20H22F2N2O4S/c1-19(2)9-11-13(15(23)25)17(29-14(11)20(3,4)28-19)24-16(26)10-7-5-6-8-12(10)27-18(21)22/h5-8,18H,9H2,1-4H3,(H2,23,25)(H,24,26). The van der Waals surface area contributed by atoms with Crippen molar-refractivity contribution in [2.45, 2.75) is 51.9 Å². The number of nitrogens with one attached hydrogen (secondary N) is 1. The number of fused-ring (bicyclic) bond motifs is 1. The van der Waals surface area contributed by atoms with Crippen LogP contribution in [0.25, 0.3) is 0 Å². The van der Waals surface area contributed by atoms with E-state index in [0.717, 1.165) is 10.4 Å². The summed E-state index contributed by atoms with van der Waals surface area (Å²) in [6, 6.07) is 5.64. The van der Waals surface area contributed by atoms with Crippen molar-refractivity contribution >= 4 is 28.2 Å². The van der Waals surface area contributed by atoms with Crippen LogP contribution in [0, 0.1) is 0 Å². The molecule has 0 aliphatic carbocycles. The Bertz CT molecular complexity index is 969. The smallest absolute Gasteiger partial charge is 0.387 e. The maximum atomic E-state index is 12.8. The van der Waals surface area contributed by atoms with Crippen LogP contribution >= 0.6 is 11.3 Å². The fourth-order valence-corrected chi connectivity index (χ4v) is 4.95. The van der Waals surface area contributed by atoms with Crippen molar-refractivity contribution in [3.05, 3.63) is 45.8 Å². The van der Waals surface area contributed by atoms with E-state index in [1.165, 1.54) is 35.6 Å². The number of rotatable bonds is 5. The molecule has 3 rings (SSSR count). The van der Waals surface area contributed by atoms with Gasteiger partial charge in [-0.15, -0.1) is 11.3 Å². The van der Waals surface area contributed by atoms with E-state index in [0.29, 0.717) is 6.42 Å². The summed E-state index contributed by atoms with van der Waals surface area (Å²) < 4.78 is 35.8. The van der Waals surface area contributed by atoms with Crippen LogP contribution in [0.5, 0.6) is 5.75 Å². The van der Waals surface area contributed by atoms with Crippen LogP contribution in [-0.2, 0) is 16.8 Å². The third kappa shape index (κ3) is 4.25. The second-order valence-electron chi connectivity index (χ2n) is 7.86. The summed E-state index contributed by atoms with van der Waals surface area (Å²) in [5.41, 5.74) is 5.28. The van der Waals surface area contributed by atoms with Crippen molar-refractivity contribution in [1.29, 1.82) is 0 Å². The van der Waals surface area contributed by atoms with E-state index in [9.17, 15) is 18.4 Å². The molecule has 0 saturated carbocycles. The van der Waals surface area contributed by atoms with Crippen LogP contribution in [0.3, 0.4) is 0 Å². The van der Waals surface area contributed by atoms with Gasteiger partial charge in [-0.05, 0) is 45.4 Å². The Labute approximate surface area is 171 Å². The Balaban J connectivity index is 2.03. The number of halogens is 2. The molecule has 0 spiro atoms. The van der Waals surface area contributed by atoms with Crippen LogP contribution in [0.1, 0.15) is 58.9 Å². The van der Waals surface area contributed by atoms with E-state index < -0.39 is 29.6 Å². The van der Waals surface area contributed by atoms with E-state index in [-0.39, 0.29) is 21.9 Å². The highest BCUT2D eigenvalue weighted by Gasteiger charge is 2.43. The zero-order chi connectivity index (χ0) is 21.6. The number of hydrogen-bond acceptors (Lipinski definition) is 5. The SMILES string of the molecule is CC1(C)Cc2c(sc(NC(=O)c3ccccc3OC(F)F)c2C(N)=O)C(C)(C)O1. The molecule has 1 aliphatic rings. The van der Waals surface area contributed by atoms with E-state index in [1.54, 1.807) is 0 Å². The molecular formula is C20H22F2N2O4S. The largest absolute Gasteiger partial charge is 0.434 e. The molecule has 29 heavy (non-hydrogen) atoms. The molecule has 2 amide bonds. The van der Waals surface area contributed by atoms with Crippen LogP contribution in [0.15, 0.2) is 24.3 Å². The maximum absolute atomic E-state index is 12.8. The van der Waals surface area contributed by atoms with E-state index in [2.05, 4.69) is 10.1 Å². The molecule has 1 aliphatic heterocycles. The number of carbonyl (C=O) groups excluding carboxylic acids is 2. The van der Waals surface area contributed by atoms with Crippen LogP contribution in [0.4, 0.5) is 13.8 Å². The summed E-state index contributed by atoms with van der Waals surface area (Å²) in [4.78, 5) is 25.8. The number of amides is 2. The molecule has 0 radical (unpaired) electrons. The number of hydrogen-bond donors (Lipinski definition) is 2. The molecular weight excluding hydrogens is 402 g/mol. The van der Waals surface area contributed by atoms with Gasteiger partial charge in [-0.1, -0.05) is 12.1 Å². The van der Waals surface area contributed by atoms with Gasteiger partial charge in [0.25, 0.3) is 11.8 Å². The number of thiophene rings is 1. The molecule has 1 aromatic heterocycles. The summed E-state index contributed by atoms with van der Waals surface area (Å²) in [5.74, 6) is -1.62. The molecule has 0 saturated heterocycles. The number of primary amides is 1. The van der Waals surface area contributed by atoms with Gasteiger partial charge < -0.3 is 20.5 Å². The molecule has 2 heterocycles. The Morgan fingerprint density at radius 1 is 1.24 bits per heavy atom. The normalized spacial score (nSPS) is 16.9. The molecule has 1 aromatic carbocycles. The average Bonchev–Trinajstić information content (AvgIpc) is 2.91. The van der Waals surface area contributed by atoms with Crippen molar-refractivity contribution in [3.8, 4) is 5.75 Å². The number of anilines is 1. The summed E-state index contributed by atoms with van der Waals surface area (Å²) >= 11 is 1.19. The van der Waals surface area contributed by atoms with Gasteiger partial charge in [-0.3, -0.25) is 9.59 Å². The predicted molar refractivity (Wildman–Crippen MR) is 106 cm³/mol. The van der Waals surface area contributed by atoms with Gasteiger partial charge in [0.2, 0.25) is 0 Å². The summed E-state index contributed by atoms with van der Waals surface area (Å²) in [6.07, 6.45) is 0.446. The number of alkyl halides is 2. The summed E-state index contributed by atoms with van der Waals surface area (Å²) in [6.45, 7) is 4.52. The Morgan fingerprint density at radius 3 is 2.52 bits per heavy atom. The van der Waals surface area contributed by atoms with Crippen molar-refractivity contribution in [2.75, 3.05) is 5.32 Å². The highest BCUT2D eigenvalue weighted by Crippen LogP contribution is 2.48. The second-order valence-corrected chi connectivity index (χ2v) is 8.88. The number of carbonyl (C=O) groups is 2. The van der Waals surface area contributed by atoms with Crippen LogP contribution in [0.2, 0.25) is 0 Å². The van der Waals surface area contributed by atoms with E-state index in [4.69, 9.17) is 10.5 Å². The lowest BCUT2D eigenvalue weighted by molar-refractivity contribution is -0.135. The highest BCUT2D eigenvalue weighted by molar-refractivity contribution is 7.17. The van der Waals surface area contributed by atoms with E-state index >= 15 is 0 Å². The molecule has 156 valence electrons. The molecule has 9 heteroatoms. The monoisotopic (exact) mass is 424 g/mol. The van der Waals surface area contributed by atoms with Crippen molar-refractivity contribution in [1.82, 2.24) is 0 Å². The molecule has 2 aromatic rings. The molecule has 3 N–H and O–H groups in total. The van der Waals surface area contributed by atoms with Gasteiger partial charge in [-0.25, -0.2) is 0 Å². The van der Waals surface area contributed by atoms with Crippen molar-refractivity contribution < 1.29 is 27.8 Å². The van der Waals surface area contributed by atoms with Crippen molar-refractivity contribution in [3.63, 3.8) is 0 Å². The number of para-hydroxylation sites is 1. The maximum Gasteiger partial charge on any atom is 0.387 e. The first-order valence-electron chi connectivity index (χ1n) is 8.92. The molecule has 0 atom stereocenters. The van der Waals surface area contributed by atoms with Gasteiger partial charge in [0, 0.05) is 11.3 Å². The first-order valence-corrected chi connectivity index (χ1v) is 9.74. The lowest BCUT2D eigenvalue weighted by Crippen LogP contribution is -2.42. The van der Waals surface area contributed by atoms with Gasteiger partial charge >= 0.3 is 6.61 Å². The number of ether oxygens (including phenoxy) is 2. The predicted octanol–water partition coefficient (Wildman–Crippen LogP) is 4.29. The first kappa shape index (κ1) is 21.2. The average molecular weight is 424 g/mol. The highest BCUT2D eigenvalue weighted by atomic mass is 32.1. The molecule has 6 nitrogen and oxygen atoms in total. The van der Waals surface area contributed by atoms with Gasteiger partial charge in [-0.2, -0.15) is 8.78 Å². The minimum Gasteiger partial charge on any atom is -0.434 e. The van der Waals surface area contributed by atoms with Crippen molar-refractivity contribution in [2.24, 2.45) is 5.73 Å². The van der Waals surface area contributed by atoms with Gasteiger partial charge in [0.15, 0.2) is 0 Å². The van der Waals surface area contributed by atoms with Gasteiger partial charge in [0.1, 0.15) is 10.8 Å². The number of benzene rings is 1. The molecule has 0 fully saturated rings. The third-order valence-corrected chi connectivity index (χ3v) is 5.96. The second kappa shape index (κ2) is 7.38. The Morgan fingerprint density at radius 2 is 1.90 bits per heavy atom. The summed E-state index contributed by atoms with van der Waals surface area (Å²) in [5, 5.41) is 2.90. The lowest BCUT2D eigenvalue weighted by atomic mass is 9.86. The summed E-state index contributed by atoms with van der Waals surface area (Å²) in [7, 11) is 0. The minimum absolute atomic E-state index is 0.0783. The first-order chi connectivity index (χ1) is 13.4. The topological polar surface area (TPSA) is 90.6 Å². The molecule has 0 bridgehead atoms. The lowest BCUT2D eigenvalue weighted by Gasteiger charge is -2.41. The fourth-order valence-electron chi connectivity index (χ4n) is 3.69. The quantitative estimate of drug-likeness (QED) is 0.749.